The lowest BCUT2D eigenvalue weighted by molar-refractivity contribution is -0.184. The Morgan fingerprint density at radius 1 is 1.26 bits per heavy atom. The predicted octanol–water partition coefficient (Wildman–Crippen LogP) is 2.71. The summed E-state index contributed by atoms with van der Waals surface area (Å²) in [6.45, 7) is 0.254. The molecule has 146 valence electrons. The fraction of sp³-hybridized carbons (Fsp3) is 0.500. The zero-order chi connectivity index (χ0) is 19.4. The summed E-state index contributed by atoms with van der Waals surface area (Å²) in [7, 11) is -3.47. The molecular formula is C16H16F3N3O3S2. The Kier molecular flexibility index (Phi) is 4.41. The van der Waals surface area contributed by atoms with E-state index in [1.165, 1.54) is 4.90 Å². The van der Waals surface area contributed by atoms with E-state index < -0.39 is 28.0 Å². The molecule has 6 nitrogen and oxygen atoms in total. The number of benzene rings is 1. The monoisotopic (exact) mass is 419 g/mol. The largest absolute Gasteiger partial charge is 0.393 e. The van der Waals surface area contributed by atoms with Crippen LogP contribution in [-0.2, 0) is 10.0 Å². The third-order valence-corrected chi connectivity index (χ3v) is 7.20. The van der Waals surface area contributed by atoms with E-state index in [0.29, 0.717) is 28.6 Å². The van der Waals surface area contributed by atoms with Crippen LogP contribution in [0.2, 0.25) is 0 Å². The number of anilines is 1. The highest BCUT2D eigenvalue weighted by Crippen LogP contribution is 2.42. The van der Waals surface area contributed by atoms with Crippen molar-refractivity contribution in [1.29, 1.82) is 0 Å². The van der Waals surface area contributed by atoms with Gasteiger partial charge in [0.15, 0.2) is 5.17 Å². The third-order valence-electron chi connectivity index (χ3n) is 4.89. The van der Waals surface area contributed by atoms with Crippen molar-refractivity contribution in [2.24, 2.45) is 10.3 Å². The van der Waals surface area contributed by atoms with Crippen LogP contribution in [0.5, 0.6) is 0 Å². The molecule has 0 aromatic heterocycles. The van der Waals surface area contributed by atoms with Gasteiger partial charge in [-0.15, -0.1) is 4.40 Å². The van der Waals surface area contributed by atoms with E-state index in [1.807, 2.05) is 0 Å². The van der Waals surface area contributed by atoms with Crippen LogP contribution in [0.25, 0.3) is 0 Å². The topological polar surface area (TPSA) is 70.0 Å². The van der Waals surface area contributed by atoms with Crippen LogP contribution in [0.15, 0.2) is 27.5 Å². The summed E-state index contributed by atoms with van der Waals surface area (Å²) in [5.74, 6) is -2.01. The lowest BCUT2D eigenvalue weighted by Crippen LogP contribution is -2.44. The summed E-state index contributed by atoms with van der Waals surface area (Å²) in [4.78, 5) is 16.4. The normalized spacial score (nSPS) is 24.3. The molecule has 3 heterocycles. The van der Waals surface area contributed by atoms with E-state index in [9.17, 15) is 26.4 Å². The fourth-order valence-corrected chi connectivity index (χ4v) is 5.77. The first-order valence-corrected chi connectivity index (χ1v) is 10.8. The molecule has 0 spiro atoms. The Hall–Kier alpha value is -1.75. The average molecular weight is 419 g/mol. The van der Waals surface area contributed by atoms with E-state index in [2.05, 4.69) is 4.40 Å². The zero-order valence-electron chi connectivity index (χ0n) is 14.1. The van der Waals surface area contributed by atoms with Crippen LogP contribution >= 0.6 is 11.8 Å². The SMILES string of the molecule is O=C(c1ccc2c(c1)SC1=NS(=O)(=O)CCN12)N1CCCC(C(F)(F)F)C1. The first-order valence-electron chi connectivity index (χ1n) is 8.42. The van der Waals surface area contributed by atoms with Crippen molar-refractivity contribution in [3.05, 3.63) is 23.8 Å². The van der Waals surface area contributed by atoms with Gasteiger partial charge in [0.05, 0.1) is 17.4 Å². The zero-order valence-corrected chi connectivity index (χ0v) is 15.7. The van der Waals surface area contributed by atoms with Crippen LogP contribution in [0.1, 0.15) is 23.2 Å². The van der Waals surface area contributed by atoms with Crippen molar-refractivity contribution in [3.8, 4) is 0 Å². The molecule has 0 N–H and O–H groups in total. The number of hydrogen-bond acceptors (Lipinski definition) is 5. The molecule has 0 saturated carbocycles. The molecule has 0 aliphatic carbocycles. The minimum Gasteiger partial charge on any atom is -0.338 e. The quantitative estimate of drug-likeness (QED) is 0.700. The van der Waals surface area contributed by atoms with Crippen molar-refractivity contribution >= 4 is 38.5 Å². The summed E-state index contributed by atoms with van der Waals surface area (Å²) in [6, 6.07) is 4.87. The maximum atomic E-state index is 13.0. The van der Waals surface area contributed by atoms with Crippen molar-refractivity contribution in [2.75, 3.05) is 30.3 Å². The average Bonchev–Trinajstić information content (AvgIpc) is 2.95. The Bertz CT molecular complexity index is 931. The molecule has 3 aliphatic heterocycles. The standard InChI is InChI=1S/C16H16F3N3O3S2/c17-16(18,19)11-2-1-5-21(9-11)14(23)10-3-4-12-13(8-10)26-15-20-27(24,25)7-6-22(12)15/h3-4,8,11H,1-2,5-7,9H2. The van der Waals surface area contributed by atoms with E-state index in [1.54, 1.807) is 23.1 Å². The molecule has 1 unspecified atom stereocenters. The molecular weight excluding hydrogens is 403 g/mol. The van der Waals surface area contributed by atoms with Gasteiger partial charge in [0.2, 0.25) is 0 Å². The Balaban J connectivity index is 1.56. The molecule has 1 atom stereocenters. The Morgan fingerprint density at radius 3 is 2.78 bits per heavy atom. The van der Waals surface area contributed by atoms with Gasteiger partial charge in [-0.05, 0) is 42.8 Å². The van der Waals surface area contributed by atoms with Gasteiger partial charge in [-0.3, -0.25) is 4.79 Å². The molecule has 3 aliphatic rings. The highest BCUT2D eigenvalue weighted by atomic mass is 32.2. The van der Waals surface area contributed by atoms with Crippen molar-refractivity contribution in [1.82, 2.24) is 4.90 Å². The highest BCUT2D eigenvalue weighted by Gasteiger charge is 2.43. The summed E-state index contributed by atoms with van der Waals surface area (Å²) >= 11 is 1.15. The number of fused-ring (bicyclic) bond motifs is 3. The summed E-state index contributed by atoms with van der Waals surface area (Å²) < 4.78 is 66.0. The van der Waals surface area contributed by atoms with E-state index >= 15 is 0 Å². The summed E-state index contributed by atoms with van der Waals surface area (Å²) in [6.07, 6.45) is -3.95. The number of thioether (sulfide) groups is 1. The van der Waals surface area contributed by atoms with Crippen molar-refractivity contribution in [2.45, 2.75) is 23.9 Å². The first kappa shape index (κ1) is 18.6. The van der Waals surface area contributed by atoms with Gasteiger partial charge in [-0.25, -0.2) is 8.42 Å². The molecule has 27 heavy (non-hydrogen) atoms. The Labute approximate surface area is 158 Å². The minimum atomic E-state index is -4.31. The lowest BCUT2D eigenvalue weighted by Gasteiger charge is -2.33. The number of halogens is 3. The predicted molar refractivity (Wildman–Crippen MR) is 95.5 cm³/mol. The van der Waals surface area contributed by atoms with Crippen LogP contribution in [0, 0.1) is 5.92 Å². The fourth-order valence-electron chi connectivity index (χ4n) is 3.48. The molecule has 1 saturated heterocycles. The van der Waals surface area contributed by atoms with Crippen LogP contribution in [0.4, 0.5) is 18.9 Å². The van der Waals surface area contributed by atoms with Gasteiger partial charge >= 0.3 is 6.18 Å². The van der Waals surface area contributed by atoms with Crippen LogP contribution < -0.4 is 4.90 Å². The number of sulfonamides is 1. The number of piperidine rings is 1. The highest BCUT2D eigenvalue weighted by molar-refractivity contribution is 8.15. The Morgan fingerprint density at radius 2 is 2.04 bits per heavy atom. The maximum Gasteiger partial charge on any atom is 0.393 e. The number of carbonyl (C=O) groups is 1. The first-order chi connectivity index (χ1) is 12.6. The van der Waals surface area contributed by atoms with Gasteiger partial charge < -0.3 is 9.80 Å². The second-order valence-corrected chi connectivity index (χ2v) is 9.49. The third kappa shape index (κ3) is 3.54. The van der Waals surface area contributed by atoms with Crippen LogP contribution in [-0.4, -0.2) is 56.0 Å². The van der Waals surface area contributed by atoms with E-state index in [0.717, 1.165) is 17.4 Å². The van der Waals surface area contributed by atoms with Gasteiger partial charge in [0.25, 0.3) is 15.9 Å². The number of alkyl halides is 3. The van der Waals surface area contributed by atoms with Gasteiger partial charge in [0, 0.05) is 30.1 Å². The van der Waals surface area contributed by atoms with Crippen molar-refractivity contribution < 1.29 is 26.4 Å². The smallest absolute Gasteiger partial charge is 0.338 e. The molecule has 0 radical (unpaired) electrons. The number of carbonyl (C=O) groups excluding carboxylic acids is 1. The second-order valence-electron chi connectivity index (χ2n) is 6.73. The molecule has 1 fully saturated rings. The molecule has 4 rings (SSSR count). The molecule has 0 bridgehead atoms. The summed E-state index contributed by atoms with van der Waals surface area (Å²) in [5, 5.41) is 0.343. The molecule has 1 aromatic carbocycles. The van der Waals surface area contributed by atoms with Gasteiger partial charge in [0.1, 0.15) is 0 Å². The van der Waals surface area contributed by atoms with E-state index in [4.69, 9.17) is 0 Å². The van der Waals surface area contributed by atoms with E-state index in [-0.39, 0.29) is 25.3 Å². The van der Waals surface area contributed by atoms with Crippen LogP contribution in [0.3, 0.4) is 0 Å². The summed E-state index contributed by atoms with van der Waals surface area (Å²) in [5.41, 5.74) is 1.06. The van der Waals surface area contributed by atoms with Gasteiger partial charge in [-0.1, -0.05) is 0 Å². The molecule has 11 heteroatoms. The maximum absolute atomic E-state index is 13.0. The number of amidine groups is 1. The van der Waals surface area contributed by atoms with Crippen molar-refractivity contribution in [3.63, 3.8) is 0 Å². The number of nitrogens with zero attached hydrogens (tertiary/aromatic N) is 3. The number of amides is 1. The second kappa shape index (κ2) is 6.40. The lowest BCUT2D eigenvalue weighted by atomic mass is 9.97. The minimum absolute atomic E-state index is 0.0383. The number of rotatable bonds is 1. The van der Waals surface area contributed by atoms with Gasteiger partial charge in [-0.2, -0.15) is 13.2 Å². The molecule has 1 amide bonds. The number of hydrogen-bond donors (Lipinski definition) is 0. The number of likely N-dealkylation sites (tertiary alicyclic amines) is 1. The molecule has 1 aromatic rings.